The maximum absolute atomic E-state index is 12.0. The molecule has 0 bridgehead atoms. The predicted molar refractivity (Wildman–Crippen MR) is 72.0 cm³/mol. The number of hydrogen-bond acceptors (Lipinski definition) is 2. The van der Waals surface area contributed by atoms with E-state index in [0.29, 0.717) is 5.41 Å². The van der Waals surface area contributed by atoms with Crippen LogP contribution >= 0.6 is 0 Å². The highest BCUT2D eigenvalue weighted by molar-refractivity contribution is 5.81. The van der Waals surface area contributed by atoms with E-state index in [0.717, 1.165) is 26.1 Å². The zero-order valence-corrected chi connectivity index (χ0v) is 11.9. The van der Waals surface area contributed by atoms with Crippen LogP contribution in [0.1, 0.15) is 53.4 Å². The van der Waals surface area contributed by atoms with Crippen molar-refractivity contribution in [3.05, 3.63) is 0 Å². The van der Waals surface area contributed by atoms with E-state index in [4.69, 9.17) is 0 Å². The Morgan fingerprint density at radius 2 is 1.88 bits per heavy atom. The van der Waals surface area contributed by atoms with E-state index in [1.165, 1.54) is 19.3 Å². The zero-order chi connectivity index (χ0) is 12.9. The fraction of sp³-hybridized carbons (Fsp3) is 0.929. The van der Waals surface area contributed by atoms with Gasteiger partial charge in [-0.1, -0.05) is 20.8 Å². The normalized spacial score (nSPS) is 18.5. The molecule has 1 fully saturated rings. The molecule has 1 aliphatic rings. The van der Waals surface area contributed by atoms with Gasteiger partial charge in [-0.15, -0.1) is 0 Å². The standard InChI is InChI=1S/C14H28N2O/c1-12(13(17)16-10-5-6-11-16)15-9-7-8-14(2,3)4/h12,15H,5-11H2,1-4H3. The molecule has 1 atom stereocenters. The predicted octanol–water partition coefficient (Wildman–Crippen LogP) is 2.41. The number of rotatable bonds is 5. The first kappa shape index (κ1) is 14.5. The molecular weight excluding hydrogens is 212 g/mol. The van der Waals surface area contributed by atoms with Crippen LogP contribution in [0, 0.1) is 5.41 Å². The van der Waals surface area contributed by atoms with Crippen molar-refractivity contribution >= 4 is 5.91 Å². The van der Waals surface area contributed by atoms with E-state index in [1.807, 2.05) is 11.8 Å². The summed E-state index contributed by atoms with van der Waals surface area (Å²) in [6.45, 7) is 11.6. The first-order valence-electron chi connectivity index (χ1n) is 6.92. The van der Waals surface area contributed by atoms with E-state index < -0.39 is 0 Å². The lowest BCUT2D eigenvalue weighted by molar-refractivity contribution is -0.131. The molecule has 1 aliphatic heterocycles. The molecule has 1 heterocycles. The number of hydrogen-bond donors (Lipinski definition) is 1. The van der Waals surface area contributed by atoms with Gasteiger partial charge in [0, 0.05) is 13.1 Å². The lowest BCUT2D eigenvalue weighted by atomic mass is 9.90. The number of carbonyl (C=O) groups is 1. The Hall–Kier alpha value is -0.570. The summed E-state index contributed by atoms with van der Waals surface area (Å²) >= 11 is 0. The summed E-state index contributed by atoms with van der Waals surface area (Å²) in [6, 6.07) is -0.0203. The first-order chi connectivity index (χ1) is 7.90. The minimum absolute atomic E-state index is 0.0203. The summed E-state index contributed by atoms with van der Waals surface area (Å²) < 4.78 is 0. The van der Waals surface area contributed by atoms with Gasteiger partial charge in [0.05, 0.1) is 6.04 Å². The monoisotopic (exact) mass is 240 g/mol. The highest BCUT2D eigenvalue weighted by atomic mass is 16.2. The van der Waals surface area contributed by atoms with Crippen LogP contribution in [0.5, 0.6) is 0 Å². The van der Waals surface area contributed by atoms with Gasteiger partial charge in [-0.05, 0) is 44.6 Å². The fourth-order valence-corrected chi connectivity index (χ4v) is 2.24. The van der Waals surface area contributed by atoms with Crippen LogP contribution in [0.2, 0.25) is 0 Å². The average Bonchev–Trinajstić information content (AvgIpc) is 2.74. The smallest absolute Gasteiger partial charge is 0.239 e. The summed E-state index contributed by atoms with van der Waals surface area (Å²) in [6.07, 6.45) is 4.68. The highest BCUT2D eigenvalue weighted by Gasteiger charge is 2.22. The molecule has 0 radical (unpaired) electrons. The van der Waals surface area contributed by atoms with Crippen LogP contribution in [0.4, 0.5) is 0 Å². The Morgan fingerprint density at radius 1 is 1.29 bits per heavy atom. The second-order valence-corrected chi connectivity index (χ2v) is 6.37. The number of carbonyl (C=O) groups excluding carboxylic acids is 1. The summed E-state index contributed by atoms with van der Waals surface area (Å²) in [5.41, 5.74) is 0.393. The fourth-order valence-electron chi connectivity index (χ4n) is 2.24. The lowest BCUT2D eigenvalue weighted by Gasteiger charge is -2.22. The van der Waals surface area contributed by atoms with Gasteiger partial charge >= 0.3 is 0 Å². The highest BCUT2D eigenvalue weighted by Crippen LogP contribution is 2.19. The Kier molecular flexibility index (Phi) is 5.44. The largest absolute Gasteiger partial charge is 0.341 e. The quantitative estimate of drug-likeness (QED) is 0.749. The van der Waals surface area contributed by atoms with Gasteiger partial charge in [-0.2, -0.15) is 0 Å². The van der Waals surface area contributed by atoms with E-state index >= 15 is 0 Å². The summed E-state index contributed by atoms with van der Waals surface area (Å²) in [7, 11) is 0. The molecule has 0 spiro atoms. The molecule has 0 aromatic rings. The maximum atomic E-state index is 12.0. The molecule has 1 rings (SSSR count). The summed E-state index contributed by atoms with van der Waals surface area (Å²) in [5, 5.41) is 3.34. The van der Waals surface area contributed by atoms with Gasteiger partial charge in [0.1, 0.15) is 0 Å². The van der Waals surface area contributed by atoms with E-state index in [-0.39, 0.29) is 11.9 Å². The minimum atomic E-state index is -0.0203. The van der Waals surface area contributed by atoms with Crippen LogP contribution < -0.4 is 5.32 Å². The summed E-state index contributed by atoms with van der Waals surface area (Å²) in [4.78, 5) is 14.0. The van der Waals surface area contributed by atoms with Gasteiger partial charge in [0.25, 0.3) is 0 Å². The van der Waals surface area contributed by atoms with Crippen LogP contribution in [-0.2, 0) is 4.79 Å². The lowest BCUT2D eigenvalue weighted by Crippen LogP contribution is -2.44. The number of amides is 1. The second-order valence-electron chi connectivity index (χ2n) is 6.37. The molecule has 3 heteroatoms. The third-order valence-electron chi connectivity index (χ3n) is 3.34. The molecule has 0 saturated carbocycles. The van der Waals surface area contributed by atoms with Gasteiger partial charge in [-0.25, -0.2) is 0 Å². The van der Waals surface area contributed by atoms with E-state index in [1.54, 1.807) is 0 Å². The maximum Gasteiger partial charge on any atom is 0.239 e. The number of nitrogens with one attached hydrogen (secondary N) is 1. The molecular formula is C14H28N2O. The molecule has 1 unspecified atom stereocenters. The molecule has 1 N–H and O–H groups in total. The second kappa shape index (κ2) is 6.39. The first-order valence-corrected chi connectivity index (χ1v) is 6.92. The van der Waals surface area contributed by atoms with Crippen molar-refractivity contribution in [3.8, 4) is 0 Å². The molecule has 0 aromatic heterocycles. The zero-order valence-electron chi connectivity index (χ0n) is 11.9. The van der Waals surface area contributed by atoms with Crippen LogP contribution in [0.25, 0.3) is 0 Å². The van der Waals surface area contributed by atoms with Crippen molar-refractivity contribution in [3.63, 3.8) is 0 Å². The third-order valence-corrected chi connectivity index (χ3v) is 3.34. The SMILES string of the molecule is CC(NCCCC(C)(C)C)C(=O)N1CCCC1. The van der Waals surface area contributed by atoms with Crippen LogP contribution in [0.3, 0.4) is 0 Å². The van der Waals surface area contributed by atoms with Gasteiger partial charge in [0.2, 0.25) is 5.91 Å². The topological polar surface area (TPSA) is 32.3 Å². The van der Waals surface area contributed by atoms with E-state index in [9.17, 15) is 4.79 Å². The Morgan fingerprint density at radius 3 is 2.41 bits per heavy atom. The molecule has 1 amide bonds. The van der Waals surface area contributed by atoms with Crippen molar-refractivity contribution in [2.75, 3.05) is 19.6 Å². The van der Waals surface area contributed by atoms with Gasteiger partial charge in [0.15, 0.2) is 0 Å². The van der Waals surface area contributed by atoms with E-state index in [2.05, 4.69) is 26.1 Å². The van der Waals surface area contributed by atoms with Crippen molar-refractivity contribution in [1.29, 1.82) is 0 Å². The Balaban J connectivity index is 2.16. The average molecular weight is 240 g/mol. The van der Waals surface area contributed by atoms with Gasteiger partial charge < -0.3 is 10.2 Å². The molecule has 100 valence electrons. The van der Waals surface area contributed by atoms with Crippen molar-refractivity contribution < 1.29 is 4.79 Å². The van der Waals surface area contributed by atoms with Crippen molar-refractivity contribution in [1.82, 2.24) is 10.2 Å². The van der Waals surface area contributed by atoms with Gasteiger partial charge in [-0.3, -0.25) is 4.79 Å². The number of likely N-dealkylation sites (tertiary alicyclic amines) is 1. The van der Waals surface area contributed by atoms with Crippen molar-refractivity contribution in [2.45, 2.75) is 59.4 Å². The minimum Gasteiger partial charge on any atom is -0.341 e. The molecule has 3 nitrogen and oxygen atoms in total. The molecule has 0 aromatic carbocycles. The van der Waals surface area contributed by atoms with Crippen LogP contribution in [0.15, 0.2) is 0 Å². The molecule has 17 heavy (non-hydrogen) atoms. The summed E-state index contributed by atoms with van der Waals surface area (Å²) in [5.74, 6) is 0.276. The third kappa shape index (κ3) is 5.53. The number of nitrogens with zero attached hydrogens (tertiary/aromatic N) is 1. The Labute approximate surface area is 106 Å². The molecule has 1 saturated heterocycles. The van der Waals surface area contributed by atoms with Crippen molar-refractivity contribution in [2.24, 2.45) is 5.41 Å². The van der Waals surface area contributed by atoms with Crippen LogP contribution in [-0.4, -0.2) is 36.5 Å². The molecule has 0 aliphatic carbocycles. The Bertz CT molecular complexity index is 239.